The van der Waals surface area contributed by atoms with Crippen molar-refractivity contribution >= 4 is 11.8 Å². The van der Waals surface area contributed by atoms with Gasteiger partial charge in [0.05, 0.1) is 19.7 Å². The number of carbonyl (C=O) groups excluding carboxylic acids is 2. The Morgan fingerprint density at radius 1 is 1.33 bits per heavy atom. The lowest BCUT2D eigenvalue weighted by Crippen LogP contribution is -2.52. The largest absolute Gasteiger partial charge is 0.381 e. The number of piperazine rings is 1. The molecule has 0 aromatic carbocycles. The van der Waals surface area contributed by atoms with Crippen LogP contribution in [-0.2, 0) is 14.3 Å². The normalized spacial score (nSPS) is 28.9. The van der Waals surface area contributed by atoms with E-state index in [1.807, 2.05) is 4.90 Å². The van der Waals surface area contributed by atoms with Crippen molar-refractivity contribution in [2.45, 2.75) is 12.8 Å². The molecule has 2 fully saturated rings. The Bertz CT molecular complexity index is 245. The number of ether oxygens (including phenoxy) is 1. The van der Waals surface area contributed by atoms with Gasteiger partial charge in [-0.15, -0.1) is 0 Å². The SMILES string of the molecule is O=C1CN(CC2CCCOC2)CC(=O)N1. The molecule has 2 rings (SSSR count). The summed E-state index contributed by atoms with van der Waals surface area (Å²) in [6.07, 6.45) is 2.21. The average molecular weight is 212 g/mol. The zero-order valence-electron chi connectivity index (χ0n) is 8.70. The van der Waals surface area contributed by atoms with E-state index >= 15 is 0 Å². The van der Waals surface area contributed by atoms with Crippen LogP contribution in [0.25, 0.3) is 0 Å². The predicted octanol–water partition coefficient (Wildman–Crippen LogP) is -0.629. The van der Waals surface area contributed by atoms with Crippen molar-refractivity contribution in [3.8, 4) is 0 Å². The Balaban J connectivity index is 1.82. The van der Waals surface area contributed by atoms with Crippen LogP contribution >= 0.6 is 0 Å². The summed E-state index contributed by atoms with van der Waals surface area (Å²) >= 11 is 0. The molecule has 5 nitrogen and oxygen atoms in total. The molecule has 1 unspecified atom stereocenters. The molecule has 0 spiro atoms. The topological polar surface area (TPSA) is 58.6 Å². The van der Waals surface area contributed by atoms with Crippen LogP contribution in [0.15, 0.2) is 0 Å². The van der Waals surface area contributed by atoms with Crippen LogP contribution < -0.4 is 5.32 Å². The summed E-state index contributed by atoms with van der Waals surface area (Å²) in [6.45, 7) is 3.06. The minimum atomic E-state index is -0.192. The van der Waals surface area contributed by atoms with Crippen molar-refractivity contribution in [2.75, 3.05) is 32.8 Å². The number of carbonyl (C=O) groups is 2. The molecular formula is C10H16N2O3. The molecule has 84 valence electrons. The van der Waals surface area contributed by atoms with Gasteiger partial charge in [-0.1, -0.05) is 0 Å². The van der Waals surface area contributed by atoms with Crippen LogP contribution in [-0.4, -0.2) is 49.6 Å². The first-order valence-electron chi connectivity index (χ1n) is 5.37. The summed E-state index contributed by atoms with van der Waals surface area (Å²) in [4.78, 5) is 24.1. The first-order chi connectivity index (χ1) is 7.24. The third-order valence-corrected chi connectivity index (χ3v) is 2.78. The summed E-state index contributed by atoms with van der Waals surface area (Å²) < 4.78 is 5.37. The van der Waals surface area contributed by atoms with E-state index in [9.17, 15) is 9.59 Å². The number of hydrogen-bond donors (Lipinski definition) is 1. The molecule has 5 heteroatoms. The Kier molecular flexibility index (Phi) is 3.33. The van der Waals surface area contributed by atoms with Crippen LogP contribution in [0.5, 0.6) is 0 Å². The standard InChI is InChI=1S/C10H16N2O3/c13-9-5-12(6-10(14)11-9)4-8-2-1-3-15-7-8/h8H,1-7H2,(H,11,13,14). The predicted molar refractivity (Wildman–Crippen MR) is 53.1 cm³/mol. The molecule has 2 saturated heterocycles. The van der Waals surface area contributed by atoms with E-state index in [1.54, 1.807) is 0 Å². The molecule has 0 aromatic heterocycles. The van der Waals surface area contributed by atoms with E-state index in [-0.39, 0.29) is 11.8 Å². The summed E-state index contributed by atoms with van der Waals surface area (Å²) in [7, 11) is 0. The first-order valence-corrected chi connectivity index (χ1v) is 5.37. The summed E-state index contributed by atoms with van der Waals surface area (Å²) in [5.74, 6) is 0.0865. The van der Waals surface area contributed by atoms with Crippen LogP contribution in [0.2, 0.25) is 0 Å². The fourth-order valence-corrected chi connectivity index (χ4v) is 2.14. The van der Waals surface area contributed by atoms with Crippen molar-refractivity contribution in [1.29, 1.82) is 0 Å². The maximum Gasteiger partial charge on any atom is 0.240 e. The van der Waals surface area contributed by atoms with E-state index in [1.165, 1.54) is 0 Å². The summed E-state index contributed by atoms with van der Waals surface area (Å²) in [6, 6.07) is 0. The molecule has 1 atom stereocenters. The molecule has 0 aliphatic carbocycles. The van der Waals surface area contributed by atoms with Gasteiger partial charge in [-0.3, -0.25) is 19.8 Å². The van der Waals surface area contributed by atoms with Crippen molar-refractivity contribution in [1.82, 2.24) is 10.2 Å². The Morgan fingerprint density at radius 3 is 2.67 bits per heavy atom. The Morgan fingerprint density at radius 2 is 2.07 bits per heavy atom. The van der Waals surface area contributed by atoms with Crippen molar-refractivity contribution < 1.29 is 14.3 Å². The van der Waals surface area contributed by atoms with Crippen molar-refractivity contribution in [3.63, 3.8) is 0 Å². The summed E-state index contributed by atoms with van der Waals surface area (Å²) in [5.41, 5.74) is 0. The molecule has 2 heterocycles. The van der Waals surface area contributed by atoms with Crippen molar-refractivity contribution in [3.05, 3.63) is 0 Å². The monoisotopic (exact) mass is 212 g/mol. The highest BCUT2D eigenvalue weighted by Gasteiger charge is 2.25. The smallest absolute Gasteiger partial charge is 0.240 e. The molecule has 2 aliphatic heterocycles. The highest BCUT2D eigenvalue weighted by molar-refractivity contribution is 5.99. The van der Waals surface area contributed by atoms with Crippen LogP contribution in [0.4, 0.5) is 0 Å². The summed E-state index contributed by atoms with van der Waals surface area (Å²) in [5, 5.41) is 2.30. The zero-order chi connectivity index (χ0) is 10.7. The zero-order valence-corrected chi connectivity index (χ0v) is 8.70. The molecule has 1 N–H and O–H groups in total. The van der Waals surface area contributed by atoms with Crippen LogP contribution in [0, 0.1) is 5.92 Å². The Labute approximate surface area is 88.8 Å². The molecule has 0 bridgehead atoms. The second-order valence-electron chi connectivity index (χ2n) is 4.22. The minimum absolute atomic E-state index is 0.192. The number of imide groups is 1. The van der Waals surface area contributed by atoms with E-state index in [2.05, 4.69) is 5.32 Å². The highest BCUT2D eigenvalue weighted by Crippen LogP contribution is 2.15. The van der Waals surface area contributed by atoms with Gasteiger partial charge in [0.1, 0.15) is 0 Å². The maximum absolute atomic E-state index is 11.1. The number of hydrogen-bond acceptors (Lipinski definition) is 4. The van der Waals surface area contributed by atoms with Gasteiger partial charge in [-0.2, -0.15) is 0 Å². The number of nitrogens with zero attached hydrogens (tertiary/aromatic N) is 1. The second kappa shape index (κ2) is 4.72. The van der Waals surface area contributed by atoms with Gasteiger partial charge in [0.25, 0.3) is 0 Å². The fourth-order valence-electron chi connectivity index (χ4n) is 2.14. The lowest BCUT2D eigenvalue weighted by atomic mass is 10.0. The van der Waals surface area contributed by atoms with Gasteiger partial charge < -0.3 is 4.74 Å². The molecular weight excluding hydrogens is 196 g/mol. The van der Waals surface area contributed by atoms with Gasteiger partial charge >= 0.3 is 0 Å². The van der Waals surface area contributed by atoms with Gasteiger partial charge in [-0.05, 0) is 18.8 Å². The molecule has 15 heavy (non-hydrogen) atoms. The van der Waals surface area contributed by atoms with E-state index < -0.39 is 0 Å². The lowest BCUT2D eigenvalue weighted by molar-refractivity contribution is -0.136. The molecule has 0 radical (unpaired) electrons. The molecule has 0 aromatic rings. The van der Waals surface area contributed by atoms with E-state index in [4.69, 9.17) is 4.74 Å². The first kappa shape index (κ1) is 10.6. The third-order valence-electron chi connectivity index (χ3n) is 2.78. The van der Waals surface area contributed by atoms with E-state index in [0.717, 1.165) is 32.6 Å². The number of rotatable bonds is 2. The van der Waals surface area contributed by atoms with Crippen LogP contribution in [0.3, 0.4) is 0 Å². The highest BCUT2D eigenvalue weighted by atomic mass is 16.5. The van der Waals surface area contributed by atoms with E-state index in [0.29, 0.717) is 19.0 Å². The number of nitrogens with one attached hydrogen (secondary N) is 1. The lowest BCUT2D eigenvalue weighted by Gasteiger charge is -2.30. The third kappa shape index (κ3) is 3.00. The number of amides is 2. The molecule has 2 aliphatic rings. The minimum Gasteiger partial charge on any atom is -0.381 e. The quantitative estimate of drug-likeness (QED) is 0.619. The second-order valence-corrected chi connectivity index (χ2v) is 4.22. The van der Waals surface area contributed by atoms with Crippen molar-refractivity contribution in [2.24, 2.45) is 5.92 Å². The van der Waals surface area contributed by atoms with Gasteiger partial charge in [0, 0.05) is 13.2 Å². The average Bonchev–Trinajstić information content (AvgIpc) is 2.17. The molecule has 0 saturated carbocycles. The maximum atomic E-state index is 11.1. The molecule has 2 amide bonds. The van der Waals surface area contributed by atoms with Crippen LogP contribution in [0.1, 0.15) is 12.8 Å². The van der Waals surface area contributed by atoms with Gasteiger partial charge in [-0.25, -0.2) is 0 Å². The van der Waals surface area contributed by atoms with Gasteiger partial charge in [0.15, 0.2) is 0 Å². The van der Waals surface area contributed by atoms with Gasteiger partial charge in [0.2, 0.25) is 11.8 Å². The fraction of sp³-hybridized carbons (Fsp3) is 0.800. The Hall–Kier alpha value is -0.940.